The van der Waals surface area contributed by atoms with E-state index in [1.807, 2.05) is 0 Å². The maximum Gasteiger partial charge on any atom is 0.306 e. The summed E-state index contributed by atoms with van der Waals surface area (Å²) in [6, 6.07) is 0. The van der Waals surface area contributed by atoms with Crippen LogP contribution in [0.15, 0.2) is 24.3 Å². The van der Waals surface area contributed by atoms with Crippen molar-refractivity contribution < 1.29 is 28.6 Å². The Bertz CT molecular complexity index is 1340. The SMILES string of the molecule is CCCCCC/C=C\CCCCCCCC(=O)OCC(COC(=O)CCCCCCCCCCCCCCCCCCCCCCCCCCCCCCCCCCCCC)OC(=O)CCCCCCCCC/C=C\CCCCCCCC. The second-order valence-electron chi connectivity index (χ2n) is 25.9. The highest BCUT2D eigenvalue weighted by molar-refractivity contribution is 5.71. The summed E-state index contributed by atoms with van der Waals surface area (Å²) in [5, 5.41) is 0. The lowest BCUT2D eigenvalue weighted by Crippen LogP contribution is -2.30. The molecule has 0 bridgehead atoms. The molecule has 1 atom stereocenters. The largest absolute Gasteiger partial charge is 0.462 e. The van der Waals surface area contributed by atoms with Crippen LogP contribution in [0.4, 0.5) is 0 Å². The van der Waals surface area contributed by atoms with E-state index in [2.05, 4.69) is 45.1 Å². The molecule has 0 saturated heterocycles. The second kappa shape index (κ2) is 72.4. The Hall–Kier alpha value is -2.11. The van der Waals surface area contributed by atoms with Gasteiger partial charge in [0, 0.05) is 19.3 Å². The molecule has 0 fully saturated rings. The second-order valence-corrected chi connectivity index (χ2v) is 25.9. The molecule has 0 aliphatic heterocycles. The Balaban J connectivity index is 4.05. The number of carbonyl (C=O) groups excluding carboxylic acids is 3. The standard InChI is InChI=1S/C77H146O6/c1-4-7-10-13-16-19-22-25-27-29-30-31-32-33-34-35-36-37-38-39-40-41-42-43-44-45-46-48-49-52-55-58-61-64-67-70-76(79)82-73-74(72-81-75(78)69-66-63-60-57-54-51-24-21-18-15-12-9-6-3)83-77(80)71-68-65-62-59-56-53-50-47-28-26-23-20-17-14-11-8-5-2/h21,24,26,28,74H,4-20,22-23,25,27,29-73H2,1-3H3/b24-21-,28-26-. The van der Waals surface area contributed by atoms with Gasteiger partial charge in [-0.1, -0.05) is 366 Å². The first-order valence-electron chi connectivity index (χ1n) is 37.8. The fourth-order valence-electron chi connectivity index (χ4n) is 11.7. The number of rotatable bonds is 71. The van der Waals surface area contributed by atoms with Crippen LogP contribution in [-0.2, 0) is 28.6 Å². The smallest absolute Gasteiger partial charge is 0.306 e. The Morgan fingerprint density at radius 2 is 0.398 bits per heavy atom. The normalized spacial score (nSPS) is 12.1. The van der Waals surface area contributed by atoms with Crippen LogP contribution in [0.5, 0.6) is 0 Å². The molecule has 1 unspecified atom stereocenters. The number of hydrogen-bond donors (Lipinski definition) is 0. The third-order valence-corrected chi connectivity index (χ3v) is 17.4. The van der Waals surface area contributed by atoms with Gasteiger partial charge in [-0.15, -0.1) is 0 Å². The van der Waals surface area contributed by atoms with Gasteiger partial charge in [0.1, 0.15) is 13.2 Å². The lowest BCUT2D eigenvalue weighted by atomic mass is 10.0. The Morgan fingerprint density at radius 3 is 0.614 bits per heavy atom. The van der Waals surface area contributed by atoms with Gasteiger partial charge >= 0.3 is 17.9 Å². The summed E-state index contributed by atoms with van der Waals surface area (Å²) in [4.78, 5) is 38.4. The fourth-order valence-corrected chi connectivity index (χ4v) is 11.7. The molecule has 6 nitrogen and oxygen atoms in total. The third-order valence-electron chi connectivity index (χ3n) is 17.4. The summed E-state index contributed by atoms with van der Waals surface area (Å²) in [6.45, 7) is 6.69. The minimum atomic E-state index is -0.775. The lowest BCUT2D eigenvalue weighted by Gasteiger charge is -2.18. The van der Waals surface area contributed by atoms with Crippen LogP contribution in [0, 0.1) is 0 Å². The van der Waals surface area contributed by atoms with Crippen molar-refractivity contribution in [2.24, 2.45) is 0 Å². The van der Waals surface area contributed by atoms with Crippen LogP contribution in [0.2, 0.25) is 0 Å². The van der Waals surface area contributed by atoms with Crippen LogP contribution in [0.1, 0.15) is 432 Å². The number of esters is 3. The van der Waals surface area contributed by atoms with Gasteiger partial charge < -0.3 is 14.2 Å². The zero-order valence-corrected chi connectivity index (χ0v) is 56.5. The Labute approximate surface area is 519 Å². The predicted molar refractivity (Wildman–Crippen MR) is 363 cm³/mol. The Kier molecular flexibility index (Phi) is 70.5. The molecule has 0 rings (SSSR count). The summed E-state index contributed by atoms with van der Waals surface area (Å²) in [7, 11) is 0. The third kappa shape index (κ3) is 70.5. The number of ether oxygens (including phenoxy) is 3. The molecule has 490 valence electrons. The summed E-state index contributed by atoms with van der Waals surface area (Å²) >= 11 is 0. The topological polar surface area (TPSA) is 78.9 Å². The molecule has 0 N–H and O–H groups in total. The minimum absolute atomic E-state index is 0.0705. The first-order chi connectivity index (χ1) is 41.0. The highest BCUT2D eigenvalue weighted by atomic mass is 16.6. The maximum absolute atomic E-state index is 12.9. The van der Waals surface area contributed by atoms with E-state index >= 15 is 0 Å². The first kappa shape index (κ1) is 80.9. The van der Waals surface area contributed by atoms with E-state index in [4.69, 9.17) is 14.2 Å². The zero-order chi connectivity index (χ0) is 59.9. The van der Waals surface area contributed by atoms with E-state index < -0.39 is 6.10 Å². The molecule has 0 aliphatic carbocycles. The molecule has 0 heterocycles. The Morgan fingerprint density at radius 1 is 0.229 bits per heavy atom. The molecule has 0 saturated carbocycles. The average molecular weight is 1170 g/mol. The van der Waals surface area contributed by atoms with Gasteiger partial charge in [-0.05, 0) is 70.6 Å². The van der Waals surface area contributed by atoms with Crippen LogP contribution in [0.3, 0.4) is 0 Å². The van der Waals surface area contributed by atoms with E-state index in [0.29, 0.717) is 19.3 Å². The van der Waals surface area contributed by atoms with Crippen LogP contribution in [0.25, 0.3) is 0 Å². The van der Waals surface area contributed by atoms with Crippen molar-refractivity contribution in [3.8, 4) is 0 Å². The first-order valence-corrected chi connectivity index (χ1v) is 37.8. The summed E-state index contributed by atoms with van der Waals surface area (Å²) in [6.07, 6.45) is 89.6. The molecule has 6 heteroatoms. The molecule has 0 amide bonds. The zero-order valence-electron chi connectivity index (χ0n) is 56.5. The van der Waals surface area contributed by atoms with Gasteiger partial charge in [0.05, 0.1) is 0 Å². The molecule has 0 aromatic rings. The van der Waals surface area contributed by atoms with E-state index in [9.17, 15) is 14.4 Å². The quantitative estimate of drug-likeness (QED) is 0.0261. The van der Waals surface area contributed by atoms with E-state index in [0.717, 1.165) is 64.2 Å². The highest BCUT2D eigenvalue weighted by Gasteiger charge is 2.20. The van der Waals surface area contributed by atoms with Crippen LogP contribution >= 0.6 is 0 Å². The molecule has 0 aromatic carbocycles. The van der Waals surface area contributed by atoms with Gasteiger partial charge in [-0.3, -0.25) is 14.4 Å². The van der Waals surface area contributed by atoms with Crippen molar-refractivity contribution in [3.63, 3.8) is 0 Å². The van der Waals surface area contributed by atoms with Crippen LogP contribution in [-0.4, -0.2) is 37.2 Å². The van der Waals surface area contributed by atoms with Gasteiger partial charge in [0.2, 0.25) is 0 Å². The number of carbonyl (C=O) groups is 3. The highest BCUT2D eigenvalue weighted by Crippen LogP contribution is 2.19. The van der Waals surface area contributed by atoms with E-state index in [1.165, 1.54) is 327 Å². The molecule has 0 aliphatic rings. The van der Waals surface area contributed by atoms with Crippen molar-refractivity contribution in [2.75, 3.05) is 13.2 Å². The van der Waals surface area contributed by atoms with Crippen molar-refractivity contribution in [1.29, 1.82) is 0 Å². The molecule has 0 aromatic heterocycles. The van der Waals surface area contributed by atoms with Gasteiger partial charge in [-0.2, -0.15) is 0 Å². The number of unbranched alkanes of at least 4 members (excludes halogenated alkanes) is 56. The van der Waals surface area contributed by atoms with E-state index in [-0.39, 0.29) is 31.1 Å². The molecule has 0 spiro atoms. The average Bonchev–Trinajstić information content (AvgIpc) is 3.49. The summed E-state index contributed by atoms with van der Waals surface area (Å²) < 4.78 is 17.0. The lowest BCUT2D eigenvalue weighted by molar-refractivity contribution is -0.167. The van der Waals surface area contributed by atoms with Gasteiger partial charge in [0.15, 0.2) is 6.10 Å². The van der Waals surface area contributed by atoms with Crippen molar-refractivity contribution >= 4 is 17.9 Å². The molecule has 0 radical (unpaired) electrons. The van der Waals surface area contributed by atoms with Crippen LogP contribution < -0.4 is 0 Å². The van der Waals surface area contributed by atoms with Crippen molar-refractivity contribution in [3.05, 3.63) is 24.3 Å². The predicted octanol–water partition coefficient (Wildman–Crippen LogP) is 26.1. The molecular formula is C77H146O6. The minimum Gasteiger partial charge on any atom is -0.462 e. The van der Waals surface area contributed by atoms with Crippen molar-refractivity contribution in [1.82, 2.24) is 0 Å². The van der Waals surface area contributed by atoms with Gasteiger partial charge in [-0.25, -0.2) is 0 Å². The monoisotopic (exact) mass is 1170 g/mol. The summed E-state index contributed by atoms with van der Waals surface area (Å²) in [5.41, 5.74) is 0. The number of allylic oxidation sites excluding steroid dienone is 4. The fraction of sp³-hybridized carbons (Fsp3) is 0.909. The van der Waals surface area contributed by atoms with E-state index in [1.54, 1.807) is 0 Å². The molecule has 83 heavy (non-hydrogen) atoms. The van der Waals surface area contributed by atoms with Gasteiger partial charge in [0.25, 0.3) is 0 Å². The summed E-state index contributed by atoms with van der Waals surface area (Å²) in [5.74, 6) is -0.854. The molecular weight excluding hydrogens is 1020 g/mol. The number of hydrogen-bond acceptors (Lipinski definition) is 6. The van der Waals surface area contributed by atoms with Crippen molar-refractivity contribution in [2.45, 2.75) is 438 Å². The maximum atomic E-state index is 12.9.